The Morgan fingerprint density at radius 1 is 1.26 bits per heavy atom. The van der Waals surface area contributed by atoms with Crippen molar-refractivity contribution < 1.29 is 14.7 Å². The molecule has 2 rings (SSSR count). The van der Waals surface area contributed by atoms with Gasteiger partial charge in [-0.25, -0.2) is 4.79 Å². The summed E-state index contributed by atoms with van der Waals surface area (Å²) in [6, 6.07) is 8.99. The number of benzene rings is 1. The van der Waals surface area contributed by atoms with Crippen LogP contribution in [0.1, 0.15) is 22.1 Å². The zero-order chi connectivity index (χ0) is 13.8. The van der Waals surface area contributed by atoms with Crippen LogP contribution in [0.2, 0.25) is 0 Å². The average molecular weight is 259 g/mol. The maximum absolute atomic E-state index is 12.0. The number of amides is 1. The van der Waals surface area contributed by atoms with Gasteiger partial charge in [0.25, 0.3) is 5.91 Å². The minimum Gasteiger partial charge on any atom is -0.479 e. The van der Waals surface area contributed by atoms with Gasteiger partial charge < -0.3 is 10.4 Å². The van der Waals surface area contributed by atoms with E-state index in [-0.39, 0.29) is 0 Å². The maximum atomic E-state index is 12.0. The predicted octanol–water partition coefficient (Wildman–Crippen LogP) is 0.976. The Morgan fingerprint density at radius 3 is 2.47 bits per heavy atom. The molecule has 19 heavy (non-hydrogen) atoms. The van der Waals surface area contributed by atoms with Gasteiger partial charge in [0.15, 0.2) is 6.04 Å². The summed E-state index contributed by atoms with van der Waals surface area (Å²) in [5, 5.41) is 15.6. The van der Waals surface area contributed by atoms with E-state index in [9.17, 15) is 14.7 Å². The Kier molecular flexibility index (Phi) is 3.61. The van der Waals surface area contributed by atoms with E-state index in [0.717, 1.165) is 0 Å². The number of aryl methyl sites for hydroxylation is 1. The smallest absolute Gasteiger partial charge is 0.330 e. The van der Waals surface area contributed by atoms with Gasteiger partial charge in [-0.05, 0) is 11.6 Å². The van der Waals surface area contributed by atoms with Crippen LogP contribution < -0.4 is 5.32 Å². The molecule has 6 heteroatoms. The number of hydrogen-bond acceptors (Lipinski definition) is 3. The normalized spacial score (nSPS) is 11.8. The average Bonchev–Trinajstić information content (AvgIpc) is 2.82. The van der Waals surface area contributed by atoms with Crippen molar-refractivity contribution in [2.45, 2.75) is 6.04 Å². The monoisotopic (exact) mass is 259 g/mol. The third-order valence-corrected chi connectivity index (χ3v) is 2.71. The fourth-order valence-electron chi connectivity index (χ4n) is 1.73. The summed E-state index contributed by atoms with van der Waals surface area (Å²) in [6.07, 6.45) is 1.48. The molecule has 1 atom stereocenters. The molecule has 2 N–H and O–H groups in total. The molecule has 2 aromatic rings. The van der Waals surface area contributed by atoms with E-state index >= 15 is 0 Å². The minimum absolute atomic E-state index is 0.308. The first kappa shape index (κ1) is 12.8. The number of carboxylic acids is 1. The van der Waals surface area contributed by atoms with Gasteiger partial charge in [0, 0.05) is 13.2 Å². The van der Waals surface area contributed by atoms with Crippen LogP contribution in [-0.2, 0) is 11.8 Å². The van der Waals surface area contributed by atoms with Crippen LogP contribution in [0.3, 0.4) is 0 Å². The summed E-state index contributed by atoms with van der Waals surface area (Å²) in [5.74, 6) is -1.59. The van der Waals surface area contributed by atoms with Crippen LogP contribution in [0.15, 0.2) is 42.6 Å². The molecule has 0 aliphatic carbocycles. The number of carbonyl (C=O) groups excluding carboxylic acids is 1. The van der Waals surface area contributed by atoms with E-state index in [2.05, 4.69) is 10.4 Å². The first-order valence-electron chi connectivity index (χ1n) is 5.66. The fraction of sp³-hybridized carbons (Fsp3) is 0.154. The molecule has 0 saturated carbocycles. The highest BCUT2D eigenvalue weighted by Gasteiger charge is 2.23. The van der Waals surface area contributed by atoms with Crippen LogP contribution in [-0.4, -0.2) is 26.8 Å². The third kappa shape index (κ3) is 2.79. The first-order valence-corrected chi connectivity index (χ1v) is 5.66. The van der Waals surface area contributed by atoms with Crippen LogP contribution in [0.5, 0.6) is 0 Å². The number of rotatable bonds is 4. The van der Waals surface area contributed by atoms with Crippen LogP contribution in [0, 0.1) is 0 Å². The molecule has 0 spiro atoms. The predicted molar refractivity (Wildman–Crippen MR) is 67.5 cm³/mol. The van der Waals surface area contributed by atoms with Crippen molar-refractivity contribution in [2.24, 2.45) is 7.05 Å². The number of aromatic nitrogens is 2. The molecule has 1 heterocycles. The van der Waals surface area contributed by atoms with Crippen LogP contribution in [0.25, 0.3) is 0 Å². The molecular formula is C13H13N3O3. The number of nitrogens with one attached hydrogen (secondary N) is 1. The topological polar surface area (TPSA) is 84.2 Å². The molecule has 1 amide bonds. The summed E-state index contributed by atoms with van der Waals surface area (Å²) in [4.78, 5) is 23.2. The second-order valence-electron chi connectivity index (χ2n) is 4.00. The van der Waals surface area contributed by atoms with Crippen LogP contribution >= 0.6 is 0 Å². The molecule has 0 radical (unpaired) electrons. The van der Waals surface area contributed by atoms with Crippen molar-refractivity contribution in [3.8, 4) is 0 Å². The van der Waals surface area contributed by atoms with Crippen molar-refractivity contribution >= 4 is 11.9 Å². The quantitative estimate of drug-likeness (QED) is 0.857. The molecule has 1 aromatic carbocycles. The van der Waals surface area contributed by atoms with E-state index in [1.165, 1.54) is 16.9 Å². The lowest BCUT2D eigenvalue weighted by Gasteiger charge is -2.14. The first-order chi connectivity index (χ1) is 9.09. The molecule has 98 valence electrons. The van der Waals surface area contributed by atoms with Gasteiger partial charge >= 0.3 is 5.97 Å². The van der Waals surface area contributed by atoms with E-state index in [1.807, 2.05) is 0 Å². The Bertz CT molecular complexity index is 592. The number of aliphatic carboxylic acids is 1. The van der Waals surface area contributed by atoms with E-state index in [1.54, 1.807) is 37.4 Å². The van der Waals surface area contributed by atoms with Gasteiger partial charge in [-0.15, -0.1) is 0 Å². The Morgan fingerprint density at radius 2 is 1.95 bits per heavy atom. The van der Waals surface area contributed by atoms with Crippen LogP contribution in [0.4, 0.5) is 0 Å². The number of carboxylic acid groups (broad SMARTS) is 1. The standard InChI is InChI=1S/C13H13N3O3/c1-16-10(7-8-14-16)12(17)15-11(13(18)19)9-5-3-2-4-6-9/h2-8,11H,1H3,(H,15,17)(H,18,19). The fourth-order valence-corrected chi connectivity index (χ4v) is 1.73. The summed E-state index contributed by atoms with van der Waals surface area (Å²) in [5.41, 5.74) is 0.827. The van der Waals surface area contributed by atoms with E-state index in [0.29, 0.717) is 11.3 Å². The minimum atomic E-state index is -1.11. The van der Waals surface area contributed by atoms with E-state index < -0.39 is 17.9 Å². The van der Waals surface area contributed by atoms with Gasteiger partial charge in [-0.1, -0.05) is 30.3 Å². The van der Waals surface area contributed by atoms with Gasteiger partial charge in [0.05, 0.1) is 0 Å². The number of carbonyl (C=O) groups is 2. The molecule has 1 unspecified atom stereocenters. The maximum Gasteiger partial charge on any atom is 0.330 e. The number of nitrogens with zero attached hydrogens (tertiary/aromatic N) is 2. The molecule has 0 bridgehead atoms. The lowest BCUT2D eigenvalue weighted by molar-refractivity contribution is -0.139. The van der Waals surface area contributed by atoms with Crippen molar-refractivity contribution in [1.82, 2.24) is 15.1 Å². The second kappa shape index (κ2) is 5.34. The van der Waals surface area contributed by atoms with Crippen molar-refractivity contribution in [2.75, 3.05) is 0 Å². The zero-order valence-corrected chi connectivity index (χ0v) is 10.3. The molecule has 0 aliphatic rings. The summed E-state index contributed by atoms with van der Waals surface area (Å²) >= 11 is 0. The van der Waals surface area contributed by atoms with Crippen molar-refractivity contribution in [3.05, 3.63) is 53.9 Å². The molecule has 0 fully saturated rings. The van der Waals surface area contributed by atoms with Gasteiger partial charge in [-0.3, -0.25) is 9.48 Å². The van der Waals surface area contributed by atoms with Gasteiger partial charge in [0.1, 0.15) is 5.69 Å². The summed E-state index contributed by atoms with van der Waals surface area (Å²) < 4.78 is 1.39. The lowest BCUT2D eigenvalue weighted by atomic mass is 10.1. The molecular weight excluding hydrogens is 246 g/mol. The van der Waals surface area contributed by atoms with Crippen molar-refractivity contribution in [1.29, 1.82) is 0 Å². The van der Waals surface area contributed by atoms with E-state index in [4.69, 9.17) is 0 Å². The third-order valence-electron chi connectivity index (χ3n) is 2.71. The Balaban J connectivity index is 2.21. The second-order valence-corrected chi connectivity index (χ2v) is 4.00. The highest BCUT2D eigenvalue weighted by atomic mass is 16.4. The lowest BCUT2D eigenvalue weighted by Crippen LogP contribution is -2.34. The highest BCUT2D eigenvalue weighted by molar-refractivity contribution is 5.95. The zero-order valence-electron chi connectivity index (χ0n) is 10.3. The molecule has 0 saturated heterocycles. The largest absolute Gasteiger partial charge is 0.479 e. The highest BCUT2D eigenvalue weighted by Crippen LogP contribution is 2.13. The Hall–Kier alpha value is -2.63. The summed E-state index contributed by atoms with van der Waals surface area (Å²) in [7, 11) is 1.62. The Labute approximate surface area is 109 Å². The molecule has 0 aliphatic heterocycles. The van der Waals surface area contributed by atoms with Gasteiger partial charge in [0.2, 0.25) is 0 Å². The summed E-state index contributed by atoms with van der Waals surface area (Å²) in [6.45, 7) is 0. The number of hydrogen-bond donors (Lipinski definition) is 2. The SMILES string of the molecule is Cn1nccc1C(=O)NC(C(=O)O)c1ccccc1. The molecule has 1 aromatic heterocycles. The van der Waals surface area contributed by atoms with Gasteiger partial charge in [-0.2, -0.15) is 5.10 Å². The molecule has 6 nitrogen and oxygen atoms in total. The van der Waals surface area contributed by atoms with Crippen molar-refractivity contribution in [3.63, 3.8) is 0 Å².